The molecule has 0 amide bonds. The maximum Gasteiger partial charge on any atom is 0.335 e. The normalized spacial score (nSPS) is 19.1. The van der Waals surface area contributed by atoms with Gasteiger partial charge in [-0.05, 0) is 109 Å². The number of aliphatic hydroxyl groups excluding tert-OH is 2. The monoisotopic (exact) mass is 1050 g/mol. The number of hydrogen-bond acceptors (Lipinski definition) is 11. The van der Waals surface area contributed by atoms with Gasteiger partial charge in [0, 0.05) is 19.3 Å². The number of esters is 3. The van der Waals surface area contributed by atoms with Gasteiger partial charge in [0.15, 0.2) is 24.6 Å². The van der Waals surface area contributed by atoms with E-state index in [9.17, 15) is 34.5 Å². The molecule has 3 N–H and O–H groups in total. The second-order valence-corrected chi connectivity index (χ2v) is 18.8. The van der Waals surface area contributed by atoms with E-state index in [1.807, 2.05) is 12.2 Å². The molecule has 6 unspecified atom stereocenters. The van der Waals surface area contributed by atoms with Crippen molar-refractivity contribution < 1.29 is 58.2 Å². The predicted molar refractivity (Wildman–Crippen MR) is 303 cm³/mol. The zero-order valence-corrected chi connectivity index (χ0v) is 46.2. The molecule has 75 heavy (non-hydrogen) atoms. The van der Waals surface area contributed by atoms with E-state index in [0.29, 0.717) is 25.7 Å². The highest BCUT2D eigenvalue weighted by Crippen LogP contribution is 2.26. The van der Waals surface area contributed by atoms with E-state index in [-0.39, 0.29) is 25.9 Å². The van der Waals surface area contributed by atoms with Gasteiger partial charge in [0.2, 0.25) is 0 Å². The van der Waals surface area contributed by atoms with Crippen LogP contribution in [0.25, 0.3) is 0 Å². The first kappa shape index (κ1) is 68.1. The highest BCUT2D eigenvalue weighted by atomic mass is 16.7. The van der Waals surface area contributed by atoms with Crippen LogP contribution >= 0.6 is 0 Å². The van der Waals surface area contributed by atoms with Crippen LogP contribution in [-0.4, -0.2) is 89.2 Å². The lowest BCUT2D eigenvalue weighted by Gasteiger charge is -2.40. The predicted octanol–water partition coefficient (Wildman–Crippen LogP) is 14.4. The van der Waals surface area contributed by atoms with Crippen LogP contribution in [0.15, 0.2) is 122 Å². The molecule has 0 aromatic heterocycles. The highest BCUT2D eigenvalue weighted by Gasteiger charge is 2.50. The lowest BCUT2D eigenvalue weighted by molar-refractivity contribution is -0.301. The number of ether oxygens (including phenoxy) is 5. The Morgan fingerprint density at radius 2 is 0.867 bits per heavy atom. The number of carboxylic acid groups (broad SMARTS) is 1. The summed E-state index contributed by atoms with van der Waals surface area (Å²) in [5.74, 6) is -3.29. The first-order valence-electron chi connectivity index (χ1n) is 28.5. The average molecular weight is 1050 g/mol. The Balaban J connectivity index is 2.74. The molecule has 1 heterocycles. The molecule has 1 rings (SSSR count). The molecule has 0 aromatic carbocycles. The van der Waals surface area contributed by atoms with Gasteiger partial charge >= 0.3 is 23.9 Å². The van der Waals surface area contributed by atoms with Gasteiger partial charge < -0.3 is 39.0 Å². The highest BCUT2D eigenvalue weighted by molar-refractivity contribution is 5.74. The fraction of sp³-hybridized carbons (Fsp3) is 0.619. The van der Waals surface area contributed by atoms with Crippen molar-refractivity contribution in [2.24, 2.45) is 0 Å². The minimum absolute atomic E-state index is 0.0283. The smallest absolute Gasteiger partial charge is 0.335 e. The Kier molecular flexibility index (Phi) is 45.4. The van der Waals surface area contributed by atoms with Gasteiger partial charge in [-0.3, -0.25) is 14.4 Å². The van der Waals surface area contributed by atoms with E-state index < -0.39 is 67.3 Å². The molecule has 1 fully saturated rings. The van der Waals surface area contributed by atoms with Crippen molar-refractivity contribution in [2.45, 2.75) is 237 Å². The summed E-state index contributed by atoms with van der Waals surface area (Å²) in [6, 6.07) is 0. The molecule has 1 aliphatic heterocycles. The molecule has 12 nitrogen and oxygen atoms in total. The SMILES string of the molecule is CC/C=C\C/C=C\C/C=C\C/C=C\CCCCCCCCC(=O)OCC(COC1OC(C(=O)O)C(O)C(O)C1OC(=O)CCCCCCC/C=C\C/C=C\CCC)OC(=O)CC/C=C\C/C=C\C/C=C\C/C=C\CC. The number of carbonyl (C=O) groups is 4. The van der Waals surface area contributed by atoms with E-state index in [4.69, 9.17) is 23.7 Å². The van der Waals surface area contributed by atoms with Crippen molar-refractivity contribution in [3.63, 3.8) is 0 Å². The summed E-state index contributed by atoms with van der Waals surface area (Å²) in [5, 5.41) is 31.4. The molecule has 0 saturated carbocycles. The van der Waals surface area contributed by atoms with Crippen LogP contribution < -0.4 is 0 Å². The van der Waals surface area contributed by atoms with Crippen LogP contribution in [0.1, 0.15) is 201 Å². The number of carboxylic acids is 1. The van der Waals surface area contributed by atoms with Crippen LogP contribution in [0.3, 0.4) is 0 Å². The summed E-state index contributed by atoms with van der Waals surface area (Å²) in [7, 11) is 0. The van der Waals surface area contributed by atoms with Gasteiger partial charge in [-0.25, -0.2) is 4.79 Å². The number of hydrogen-bond donors (Lipinski definition) is 3. The first-order valence-corrected chi connectivity index (χ1v) is 28.5. The summed E-state index contributed by atoms with van der Waals surface area (Å²) in [4.78, 5) is 51.0. The minimum atomic E-state index is -1.93. The van der Waals surface area contributed by atoms with Gasteiger partial charge in [0.25, 0.3) is 0 Å². The number of unbranched alkanes of at least 4 members (excludes halogenated alkanes) is 12. The summed E-state index contributed by atoms with van der Waals surface area (Å²) < 4.78 is 28.3. The molecule has 6 atom stereocenters. The first-order chi connectivity index (χ1) is 36.6. The number of aliphatic carboxylic acids is 1. The van der Waals surface area contributed by atoms with Crippen molar-refractivity contribution >= 4 is 23.9 Å². The molecule has 0 radical (unpaired) electrons. The maximum absolute atomic E-state index is 13.1. The fourth-order valence-electron chi connectivity index (χ4n) is 7.70. The summed E-state index contributed by atoms with van der Waals surface area (Å²) >= 11 is 0. The Bertz CT molecular complexity index is 1770. The van der Waals surface area contributed by atoms with Crippen molar-refractivity contribution in [3.05, 3.63) is 122 Å². The van der Waals surface area contributed by atoms with Crippen LogP contribution in [0.2, 0.25) is 0 Å². The van der Waals surface area contributed by atoms with Crippen LogP contribution in [0, 0.1) is 0 Å². The molecular weight excluding hydrogens is 949 g/mol. The second kappa shape index (κ2) is 50.0. The molecule has 0 bridgehead atoms. The van der Waals surface area contributed by atoms with E-state index in [0.717, 1.165) is 135 Å². The third-order valence-electron chi connectivity index (χ3n) is 12.0. The number of aliphatic hydroxyl groups is 2. The van der Waals surface area contributed by atoms with E-state index in [2.05, 4.69) is 130 Å². The standard InChI is InChI=1S/C63H98O12/c1-4-7-10-13-16-19-22-25-26-27-28-29-30-33-34-37-40-43-46-49-55(64)71-52-54(73-56(65)50-47-44-41-38-35-31-23-20-17-14-11-8-5-2)53-72-63-61(59(68)58(67)60(75-63)62(69)70)74-57(66)51-48-45-42-39-36-32-24-21-18-15-12-9-6-3/h7-8,10-12,15-17,19-21,24-26,28-29,31,35,41,44,54,58-61,63,67-68H,4-6,9,13-14,18,22-23,27,30,32-34,36-40,42-43,45-53H2,1-3H3,(H,69,70)/b10-7-,11-8-,15-12-,19-16-,20-17-,24-21-,26-25-,29-28-,35-31-,44-41-. The van der Waals surface area contributed by atoms with Gasteiger partial charge in [0.05, 0.1) is 6.61 Å². The van der Waals surface area contributed by atoms with Gasteiger partial charge in [-0.1, -0.05) is 194 Å². The third-order valence-corrected chi connectivity index (χ3v) is 12.0. The number of rotatable bonds is 46. The number of allylic oxidation sites excluding steroid dienone is 20. The van der Waals surface area contributed by atoms with Crippen molar-refractivity contribution in [1.29, 1.82) is 0 Å². The summed E-state index contributed by atoms with van der Waals surface area (Å²) in [6.07, 6.45) is 56.2. The van der Waals surface area contributed by atoms with E-state index >= 15 is 0 Å². The Hall–Kier alpha value is -4.88. The molecule has 422 valence electrons. The minimum Gasteiger partial charge on any atom is -0.479 e. The Morgan fingerprint density at radius 3 is 1.33 bits per heavy atom. The van der Waals surface area contributed by atoms with Gasteiger partial charge in [0.1, 0.15) is 18.8 Å². The zero-order chi connectivity index (χ0) is 54.7. The molecule has 12 heteroatoms. The van der Waals surface area contributed by atoms with E-state index in [1.54, 1.807) is 0 Å². The Morgan fingerprint density at radius 1 is 0.453 bits per heavy atom. The zero-order valence-electron chi connectivity index (χ0n) is 46.2. The summed E-state index contributed by atoms with van der Waals surface area (Å²) in [5.41, 5.74) is 0. The molecule has 0 aliphatic carbocycles. The Labute approximate surface area is 452 Å². The lowest BCUT2D eigenvalue weighted by atomic mass is 9.98. The average Bonchev–Trinajstić information content (AvgIpc) is 3.39. The topological polar surface area (TPSA) is 175 Å². The number of carbonyl (C=O) groups excluding carboxylic acids is 3. The van der Waals surface area contributed by atoms with Crippen molar-refractivity contribution in [3.8, 4) is 0 Å². The lowest BCUT2D eigenvalue weighted by Crippen LogP contribution is -2.61. The fourth-order valence-corrected chi connectivity index (χ4v) is 7.70. The van der Waals surface area contributed by atoms with Gasteiger partial charge in [-0.15, -0.1) is 0 Å². The van der Waals surface area contributed by atoms with Gasteiger partial charge in [-0.2, -0.15) is 0 Å². The molecule has 0 spiro atoms. The quantitative estimate of drug-likeness (QED) is 0.0228. The molecule has 0 aromatic rings. The molecule has 1 saturated heterocycles. The van der Waals surface area contributed by atoms with Crippen molar-refractivity contribution in [2.75, 3.05) is 13.2 Å². The van der Waals surface area contributed by atoms with Crippen LogP contribution in [0.4, 0.5) is 0 Å². The summed E-state index contributed by atoms with van der Waals surface area (Å²) in [6.45, 7) is 5.59. The molecular formula is C63H98O12. The third kappa shape index (κ3) is 40.1. The van der Waals surface area contributed by atoms with Crippen LogP contribution in [-0.2, 0) is 42.9 Å². The maximum atomic E-state index is 13.1. The van der Waals surface area contributed by atoms with Crippen molar-refractivity contribution in [1.82, 2.24) is 0 Å². The largest absolute Gasteiger partial charge is 0.479 e. The van der Waals surface area contributed by atoms with Crippen LogP contribution in [0.5, 0.6) is 0 Å². The molecule has 1 aliphatic rings. The second-order valence-electron chi connectivity index (χ2n) is 18.8. The van der Waals surface area contributed by atoms with E-state index in [1.165, 1.54) is 0 Å².